The zero-order chi connectivity index (χ0) is 12.8. The van der Waals surface area contributed by atoms with Gasteiger partial charge in [-0.2, -0.15) is 11.8 Å². The molecule has 0 amide bonds. The summed E-state index contributed by atoms with van der Waals surface area (Å²) in [6.45, 7) is 2.16. The lowest BCUT2D eigenvalue weighted by molar-refractivity contribution is 0.186. The number of rotatable bonds is 3. The summed E-state index contributed by atoms with van der Waals surface area (Å²) in [6, 6.07) is 3.57. The van der Waals surface area contributed by atoms with E-state index in [1.807, 2.05) is 11.8 Å². The first-order valence-corrected chi connectivity index (χ1v) is 7.13. The van der Waals surface area contributed by atoms with Gasteiger partial charge in [-0.1, -0.05) is 0 Å². The molecule has 1 saturated heterocycles. The predicted molar refractivity (Wildman–Crippen MR) is 74.6 cm³/mol. The number of aliphatic hydroxyl groups excluding tert-OH is 1. The number of nitrogens with two attached hydrogens (primary N) is 1. The van der Waals surface area contributed by atoms with Crippen molar-refractivity contribution in [1.29, 1.82) is 0 Å². The van der Waals surface area contributed by atoms with Crippen LogP contribution >= 0.6 is 11.8 Å². The van der Waals surface area contributed by atoms with Gasteiger partial charge in [0.1, 0.15) is 0 Å². The molecule has 3 N–H and O–H groups in total. The molecule has 2 rings (SSSR count). The van der Waals surface area contributed by atoms with Crippen LogP contribution in [0.4, 0.5) is 0 Å². The molecule has 0 bridgehead atoms. The molecule has 1 atom stereocenters. The minimum Gasteiger partial charge on any atom is -0.386 e. The molecule has 5 nitrogen and oxygen atoms in total. The van der Waals surface area contributed by atoms with E-state index >= 15 is 0 Å². The molecule has 0 radical (unpaired) electrons. The van der Waals surface area contributed by atoms with Crippen LogP contribution in [0.25, 0.3) is 0 Å². The van der Waals surface area contributed by atoms with Crippen molar-refractivity contribution in [3.05, 3.63) is 30.1 Å². The summed E-state index contributed by atoms with van der Waals surface area (Å²) in [4.78, 5) is 10.2. The minimum absolute atomic E-state index is 0.291. The number of pyridine rings is 1. The van der Waals surface area contributed by atoms with Crippen molar-refractivity contribution in [2.75, 3.05) is 31.1 Å². The molecule has 0 aromatic carbocycles. The SMILES string of the molecule is NC(=NCC(O)c1ccncc1)N1CCSCC1. The largest absolute Gasteiger partial charge is 0.386 e. The van der Waals surface area contributed by atoms with E-state index in [1.54, 1.807) is 24.5 Å². The highest BCUT2D eigenvalue weighted by molar-refractivity contribution is 7.99. The van der Waals surface area contributed by atoms with Gasteiger partial charge in [-0.05, 0) is 17.7 Å². The Balaban J connectivity index is 1.89. The van der Waals surface area contributed by atoms with Crippen LogP contribution in [0.5, 0.6) is 0 Å². The summed E-state index contributed by atoms with van der Waals surface area (Å²) in [5, 5.41) is 9.95. The molecule has 0 saturated carbocycles. The van der Waals surface area contributed by atoms with Gasteiger partial charge in [0, 0.05) is 37.0 Å². The molecule has 98 valence electrons. The first-order valence-electron chi connectivity index (χ1n) is 5.98. The lowest BCUT2D eigenvalue weighted by Crippen LogP contribution is -2.42. The third-order valence-corrected chi connectivity index (χ3v) is 3.79. The van der Waals surface area contributed by atoms with Crippen molar-refractivity contribution in [3.8, 4) is 0 Å². The van der Waals surface area contributed by atoms with Crippen LogP contribution in [-0.4, -0.2) is 52.1 Å². The highest BCUT2D eigenvalue weighted by atomic mass is 32.2. The van der Waals surface area contributed by atoms with Gasteiger partial charge in [0.05, 0.1) is 12.6 Å². The Morgan fingerprint density at radius 1 is 1.44 bits per heavy atom. The van der Waals surface area contributed by atoms with Crippen molar-refractivity contribution >= 4 is 17.7 Å². The first kappa shape index (κ1) is 13.2. The second-order valence-corrected chi connectivity index (χ2v) is 5.32. The van der Waals surface area contributed by atoms with Crippen molar-refractivity contribution in [2.24, 2.45) is 10.7 Å². The second kappa shape index (κ2) is 6.61. The molecular weight excluding hydrogens is 248 g/mol. The number of nitrogens with zero attached hydrogens (tertiary/aromatic N) is 3. The molecule has 2 heterocycles. The van der Waals surface area contributed by atoms with E-state index in [4.69, 9.17) is 5.73 Å². The molecule has 18 heavy (non-hydrogen) atoms. The predicted octanol–water partition coefficient (Wildman–Crippen LogP) is 0.478. The number of hydrogen-bond donors (Lipinski definition) is 2. The van der Waals surface area contributed by atoms with Crippen molar-refractivity contribution < 1.29 is 5.11 Å². The molecule has 0 spiro atoms. The van der Waals surface area contributed by atoms with Gasteiger partial charge in [-0.3, -0.25) is 9.98 Å². The second-order valence-electron chi connectivity index (χ2n) is 4.09. The van der Waals surface area contributed by atoms with E-state index in [0.29, 0.717) is 12.5 Å². The molecule has 0 aliphatic carbocycles. The number of hydrogen-bond acceptors (Lipinski definition) is 4. The van der Waals surface area contributed by atoms with Crippen LogP contribution in [0.1, 0.15) is 11.7 Å². The van der Waals surface area contributed by atoms with Crippen LogP contribution in [0.15, 0.2) is 29.5 Å². The summed E-state index contributed by atoms with van der Waals surface area (Å²) in [6.07, 6.45) is 2.70. The van der Waals surface area contributed by atoms with Crippen LogP contribution < -0.4 is 5.73 Å². The fraction of sp³-hybridized carbons (Fsp3) is 0.500. The van der Waals surface area contributed by atoms with E-state index in [0.717, 1.165) is 30.2 Å². The van der Waals surface area contributed by atoms with Crippen molar-refractivity contribution in [3.63, 3.8) is 0 Å². The van der Waals surface area contributed by atoms with E-state index < -0.39 is 6.10 Å². The van der Waals surface area contributed by atoms with Crippen molar-refractivity contribution in [1.82, 2.24) is 9.88 Å². The number of guanidine groups is 1. The molecular formula is C12H18N4OS. The third-order valence-electron chi connectivity index (χ3n) is 2.85. The Bertz CT molecular complexity index is 392. The van der Waals surface area contributed by atoms with Crippen LogP contribution in [0, 0.1) is 0 Å². The maximum Gasteiger partial charge on any atom is 0.191 e. The zero-order valence-electron chi connectivity index (χ0n) is 10.2. The van der Waals surface area contributed by atoms with E-state index in [1.165, 1.54) is 0 Å². The Labute approximate surface area is 111 Å². The maximum absolute atomic E-state index is 9.95. The summed E-state index contributed by atoms with van der Waals surface area (Å²) >= 11 is 1.93. The Morgan fingerprint density at radius 2 is 2.11 bits per heavy atom. The molecule has 1 aliphatic rings. The smallest absolute Gasteiger partial charge is 0.191 e. The Kier molecular flexibility index (Phi) is 4.83. The van der Waals surface area contributed by atoms with Gasteiger partial charge < -0.3 is 15.7 Å². The summed E-state index contributed by atoms with van der Waals surface area (Å²) in [5.74, 6) is 2.70. The number of aliphatic imine (C=N–C) groups is 1. The highest BCUT2D eigenvalue weighted by Crippen LogP contribution is 2.12. The van der Waals surface area contributed by atoms with E-state index in [2.05, 4.69) is 14.9 Å². The van der Waals surface area contributed by atoms with Crippen molar-refractivity contribution in [2.45, 2.75) is 6.10 Å². The monoisotopic (exact) mass is 266 g/mol. The fourth-order valence-electron chi connectivity index (χ4n) is 1.76. The molecule has 1 fully saturated rings. The lowest BCUT2D eigenvalue weighted by Gasteiger charge is -2.27. The average Bonchev–Trinajstić information content (AvgIpc) is 2.46. The number of aliphatic hydroxyl groups is 1. The standard InChI is InChI=1S/C12H18N4OS/c13-12(16-5-7-18-8-6-16)15-9-11(17)10-1-3-14-4-2-10/h1-4,11,17H,5-9H2,(H2,13,15). The van der Waals surface area contributed by atoms with Gasteiger partial charge in [0.15, 0.2) is 5.96 Å². The topological polar surface area (TPSA) is 74.7 Å². The molecule has 1 aromatic rings. The lowest BCUT2D eigenvalue weighted by atomic mass is 10.1. The minimum atomic E-state index is -0.620. The highest BCUT2D eigenvalue weighted by Gasteiger charge is 2.13. The van der Waals surface area contributed by atoms with Crippen LogP contribution in [0.3, 0.4) is 0 Å². The third kappa shape index (κ3) is 3.61. The zero-order valence-corrected chi connectivity index (χ0v) is 11.0. The van der Waals surface area contributed by atoms with E-state index in [-0.39, 0.29) is 0 Å². The summed E-state index contributed by atoms with van der Waals surface area (Å²) in [5.41, 5.74) is 6.73. The molecule has 1 aromatic heterocycles. The number of aromatic nitrogens is 1. The summed E-state index contributed by atoms with van der Waals surface area (Å²) < 4.78 is 0. The maximum atomic E-state index is 9.95. The quantitative estimate of drug-likeness (QED) is 0.615. The van der Waals surface area contributed by atoms with Gasteiger partial charge in [-0.25, -0.2) is 0 Å². The summed E-state index contributed by atoms with van der Waals surface area (Å²) in [7, 11) is 0. The van der Waals surface area contributed by atoms with E-state index in [9.17, 15) is 5.11 Å². The fourth-order valence-corrected chi connectivity index (χ4v) is 2.67. The van der Waals surface area contributed by atoms with Gasteiger partial charge in [-0.15, -0.1) is 0 Å². The van der Waals surface area contributed by atoms with Gasteiger partial charge in [0.2, 0.25) is 0 Å². The Hall–Kier alpha value is -1.27. The number of thioether (sulfide) groups is 1. The molecule has 6 heteroatoms. The molecule has 1 unspecified atom stereocenters. The first-order chi connectivity index (χ1) is 8.77. The van der Waals surface area contributed by atoms with Crippen LogP contribution in [-0.2, 0) is 0 Å². The van der Waals surface area contributed by atoms with Gasteiger partial charge >= 0.3 is 0 Å². The Morgan fingerprint density at radius 3 is 2.78 bits per heavy atom. The molecule has 1 aliphatic heterocycles. The van der Waals surface area contributed by atoms with Crippen LogP contribution in [0.2, 0.25) is 0 Å². The van der Waals surface area contributed by atoms with Gasteiger partial charge in [0.25, 0.3) is 0 Å². The average molecular weight is 266 g/mol. The normalized spacial score (nSPS) is 18.7.